The fraction of sp³-hybridized carbons (Fsp3) is 0.800. The predicted molar refractivity (Wildman–Crippen MR) is 35.1 cm³/mol. The van der Waals surface area contributed by atoms with Crippen LogP contribution in [-0.2, 0) is 0 Å². The third-order valence-electron chi connectivity index (χ3n) is 1.06. The lowest BCUT2D eigenvalue weighted by atomic mass is 10.5. The molecule has 0 aromatic carbocycles. The molecule has 0 saturated carbocycles. The first kappa shape index (κ1) is 9.19. The number of rotatable bonds is 4. The monoisotopic (exact) mass is 146 g/mol. The Morgan fingerprint density at radius 2 is 1.70 bits per heavy atom. The first-order valence-electron chi connectivity index (χ1n) is 3.08. The average Bonchev–Trinajstić information content (AvgIpc) is 1.87. The van der Waals surface area contributed by atoms with Crippen LogP contribution in [0.5, 0.6) is 0 Å². The molecular weight excluding hydrogens is 134 g/mol. The zero-order valence-electron chi connectivity index (χ0n) is 5.75. The second-order valence-corrected chi connectivity index (χ2v) is 1.83. The molecule has 0 radical (unpaired) electrons. The van der Waals surface area contributed by atoms with E-state index in [0.29, 0.717) is 26.2 Å². The van der Waals surface area contributed by atoms with Crippen LogP contribution >= 0.6 is 0 Å². The molecule has 0 aromatic heterocycles. The van der Waals surface area contributed by atoms with Crippen LogP contribution in [0.15, 0.2) is 0 Å². The zero-order chi connectivity index (χ0) is 7.98. The molecule has 0 aromatic rings. The SMILES string of the molecule is NCCN(CCN)C(=O)[O-]. The van der Waals surface area contributed by atoms with Crippen molar-refractivity contribution < 1.29 is 9.90 Å². The van der Waals surface area contributed by atoms with Gasteiger partial charge < -0.3 is 26.3 Å². The number of amides is 1. The van der Waals surface area contributed by atoms with E-state index in [1.165, 1.54) is 0 Å². The molecule has 0 heterocycles. The van der Waals surface area contributed by atoms with Crippen LogP contribution in [0, 0.1) is 0 Å². The summed E-state index contributed by atoms with van der Waals surface area (Å²) in [4.78, 5) is 11.3. The van der Waals surface area contributed by atoms with E-state index >= 15 is 0 Å². The molecule has 4 N–H and O–H groups in total. The molecule has 0 fully saturated rings. The Morgan fingerprint density at radius 3 is 1.90 bits per heavy atom. The largest absolute Gasteiger partial charge is 0.530 e. The van der Waals surface area contributed by atoms with Crippen LogP contribution in [0.4, 0.5) is 4.79 Å². The van der Waals surface area contributed by atoms with Crippen molar-refractivity contribution >= 4 is 6.09 Å². The van der Waals surface area contributed by atoms with Gasteiger partial charge in [-0.2, -0.15) is 0 Å². The fourth-order valence-electron chi connectivity index (χ4n) is 0.606. The Morgan fingerprint density at radius 1 is 1.30 bits per heavy atom. The Bertz CT molecular complexity index is 101. The maximum atomic E-state index is 10.2. The van der Waals surface area contributed by atoms with Gasteiger partial charge in [-0.25, -0.2) is 0 Å². The average molecular weight is 146 g/mol. The Hall–Kier alpha value is -0.810. The Kier molecular flexibility index (Phi) is 4.61. The number of nitrogens with two attached hydrogens (primary N) is 2. The van der Waals surface area contributed by atoms with Crippen molar-refractivity contribution in [3.63, 3.8) is 0 Å². The van der Waals surface area contributed by atoms with E-state index in [0.717, 1.165) is 4.90 Å². The summed E-state index contributed by atoms with van der Waals surface area (Å²) in [5.41, 5.74) is 10.2. The van der Waals surface area contributed by atoms with E-state index in [4.69, 9.17) is 11.5 Å². The molecule has 60 valence electrons. The van der Waals surface area contributed by atoms with Crippen molar-refractivity contribution in [1.82, 2.24) is 4.90 Å². The molecule has 5 heteroatoms. The van der Waals surface area contributed by atoms with Crippen molar-refractivity contribution in [1.29, 1.82) is 0 Å². The van der Waals surface area contributed by atoms with Crippen molar-refractivity contribution in [3.05, 3.63) is 0 Å². The molecule has 0 aliphatic carbocycles. The van der Waals surface area contributed by atoms with Gasteiger partial charge in [-0.15, -0.1) is 0 Å². The molecule has 0 rings (SSSR count). The summed E-state index contributed by atoms with van der Waals surface area (Å²) in [6.45, 7) is 1.18. The summed E-state index contributed by atoms with van der Waals surface area (Å²) in [6.07, 6.45) is -1.21. The minimum atomic E-state index is -1.21. The molecule has 0 aliphatic rings. The quantitative estimate of drug-likeness (QED) is 0.460. The van der Waals surface area contributed by atoms with Gasteiger partial charge in [0.25, 0.3) is 0 Å². The summed E-state index contributed by atoms with van der Waals surface area (Å²) >= 11 is 0. The molecule has 0 bridgehead atoms. The van der Waals surface area contributed by atoms with Crippen molar-refractivity contribution in [2.24, 2.45) is 11.5 Å². The minimum absolute atomic E-state index is 0.291. The molecule has 0 aliphatic heterocycles. The normalized spacial score (nSPS) is 9.40. The van der Waals surface area contributed by atoms with Gasteiger partial charge in [0.15, 0.2) is 0 Å². The van der Waals surface area contributed by atoms with E-state index < -0.39 is 6.09 Å². The Balaban J connectivity index is 3.61. The van der Waals surface area contributed by atoms with Gasteiger partial charge in [-0.3, -0.25) is 0 Å². The number of hydrogen-bond donors (Lipinski definition) is 2. The van der Waals surface area contributed by atoms with Gasteiger partial charge in [0, 0.05) is 26.2 Å². The molecule has 5 nitrogen and oxygen atoms in total. The van der Waals surface area contributed by atoms with Crippen LogP contribution in [0.3, 0.4) is 0 Å². The lowest BCUT2D eigenvalue weighted by Crippen LogP contribution is -2.45. The van der Waals surface area contributed by atoms with E-state index in [1.54, 1.807) is 0 Å². The molecule has 0 saturated heterocycles. The fourth-order valence-corrected chi connectivity index (χ4v) is 0.606. The minimum Gasteiger partial charge on any atom is -0.530 e. The van der Waals surface area contributed by atoms with Crippen LogP contribution in [0.25, 0.3) is 0 Å². The summed E-state index contributed by atoms with van der Waals surface area (Å²) in [6, 6.07) is 0. The number of carbonyl (C=O) groups is 1. The summed E-state index contributed by atoms with van der Waals surface area (Å²) in [5, 5.41) is 10.2. The van der Waals surface area contributed by atoms with E-state index in [-0.39, 0.29) is 0 Å². The molecule has 10 heavy (non-hydrogen) atoms. The smallest absolute Gasteiger partial charge is 0.137 e. The van der Waals surface area contributed by atoms with Crippen molar-refractivity contribution in [2.75, 3.05) is 26.2 Å². The van der Waals surface area contributed by atoms with E-state index in [1.807, 2.05) is 0 Å². The highest BCUT2D eigenvalue weighted by molar-refractivity contribution is 5.62. The van der Waals surface area contributed by atoms with Crippen molar-refractivity contribution in [2.45, 2.75) is 0 Å². The van der Waals surface area contributed by atoms with Gasteiger partial charge in [0.1, 0.15) is 6.09 Å². The maximum Gasteiger partial charge on any atom is 0.137 e. The molecule has 0 unspecified atom stereocenters. The number of hydrogen-bond acceptors (Lipinski definition) is 4. The van der Waals surface area contributed by atoms with Gasteiger partial charge in [-0.1, -0.05) is 0 Å². The molecule has 0 atom stereocenters. The Labute approximate surface area is 59.6 Å². The first-order valence-corrected chi connectivity index (χ1v) is 3.08. The van der Waals surface area contributed by atoms with E-state index in [2.05, 4.69) is 0 Å². The van der Waals surface area contributed by atoms with Crippen LogP contribution in [0.1, 0.15) is 0 Å². The summed E-state index contributed by atoms with van der Waals surface area (Å²) in [7, 11) is 0. The number of carbonyl (C=O) groups excluding carboxylic acids is 1. The maximum absolute atomic E-state index is 10.2. The third-order valence-corrected chi connectivity index (χ3v) is 1.06. The highest BCUT2D eigenvalue weighted by atomic mass is 16.4. The lowest BCUT2D eigenvalue weighted by Gasteiger charge is -2.23. The molecular formula is C5H12N3O2-. The standard InChI is InChI=1S/C5H13N3O2/c6-1-3-8(4-2-7)5(9)10/h1-4,6-7H2,(H,9,10)/p-1. The number of nitrogens with zero attached hydrogens (tertiary/aromatic N) is 1. The summed E-state index contributed by atoms with van der Waals surface area (Å²) < 4.78 is 0. The summed E-state index contributed by atoms with van der Waals surface area (Å²) in [5.74, 6) is 0. The zero-order valence-corrected chi connectivity index (χ0v) is 5.75. The topological polar surface area (TPSA) is 95.4 Å². The third kappa shape index (κ3) is 3.26. The highest BCUT2D eigenvalue weighted by Crippen LogP contribution is 1.82. The second kappa shape index (κ2) is 5.01. The molecule has 0 spiro atoms. The van der Waals surface area contributed by atoms with Crippen LogP contribution in [-0.4, -0.2) is 37.2 Å². The molecule has 1 amide bonds. The van der Waals surface area contributed by atoms with Gasteiger partial charge in [-0.05, 0) is 0 Å². The van der Waals surface area contributed by atoms with Crippen LogP contribution < -0.4 is 16.6 Å². The van der Waals surface area contributed by atoms with Gasteiger partial charge in [0.2, 0.25) is 0 Å². The lowest BCUT2D eigenvalue weighted by molar-refractivity contribution is -0.265. The first-order chi connectivity index (χ1) is 4.72. The second-order valence-electron chi connectivity index (χ2n) is 1.83. The van der Waals surface area contributed by atoms with Crippen LogP contribution in [0.2, 0.25) is 0 Å². The predicted octanol–water partition coefficient (Wildman–Crippen LogP) is -2.45. The van der Waals surface area contributed by atoms with Gasteiger partial charge >= 0.3 is 0 Å². The van der Waals surface area contributed by atoms with E-state index in [9.17, 15) is 9.90 Å². The van der Waals surface area contributed by atoms with Gasteiger partial charge in [0.05, 0.1) is 0 Å². The number of carboxylic acid groups (broad SMARTS) is 1. The highest BCUT2D eigenvalue weighted by Gasteiger charge is 1.99. The van der Waals surface area contributed by atoms with Crippen molar-refractivity contribution in [3.8, 4) is 0 Å².